The summed E-state index contributed by atoms with van der Waals surface area (Å²) in [6, 6.07) is 3.09. The molecule has 1 atom stereocenters. The van der Waals surface area contributed by atoms with Gasteiger partial charge in [-0.2, -0.15) is 0 Å². The van der Waals surface area contributed by atoms with E-state index in [1.54, 1.807) is 0 Å². The zero-order valence-electron chi connectivity index (χ0n) is 14.1. The predicted molar refractivity (Wildman–Crippen MR) is 86.6 cm³/mol. The third-order valence-electron chi connectivity index (χ3n) is 3.67. The Balaban J connectivity index is 2.33. The van der Waals surface area contributed by atoms with E-state index in [-0.39, 0.29) is 30.2 Å². The first-order chi connectivity index (χ1) is 11.2. The number of carbonyl (C=O) groups is 2. The van der Waals surface area contributed by atoms with Crippen LogP contribution in [0.5, 0.6) is 5.75 Å². The highest BCUT2D eigenvalue weighted by atomic mass is 16.6. The monoisotopic (exact) mass is 335 g/mol. The molecule has 0 spiro atoms. The molecule has 1 aliphatic rings. The number of benzene rings is 1. The molecule has 1 heterocycles. The molecule has 1 aromatic rings. The lowest BCUT2D eigenvalue weighted by Crippen LogP contribution is -2.34. The van der Waals surface area contributed by atoms with Crippen LogP contribution >= 0.6 is 0 Å². The molecule has 3 amide bonds. The molecular weight excluding hydrogens is 314 g/mol. The van der Waals surface area contributed by atoms with Gasteiger partial charge in [0.05, 0.1) is 17.6 Å². The molecule has 1 aliphatic heterocycles. The van der Waals surface area contributed by atoms with Crippen LogP contribution in [0.25, 0.3) is 0 Å². The topological polar surface area (TPSA) is 102 Å². The van der Waals surface area contributed by atoms with Gasteiger partial charge in [-0.25, -0.2) is 4.79 Å². The largest absolute Gasteiger partial charge is 0.491 e. The summed E-state index contributed by atoms with van der Waals surface area (Å²) < 4.78 is 5.64. The highest BCUT2D eigenvalue weighted by molar-refractivity contribution is 6.04. The fourth-order valence-corrected chi connectivity index (χ4v) is 2.48. The van der Waals surface area contributed by atoms with Gasteiger partial charge in [0.2, 0.25) is 0 Å². The standard InChI is InChI=1S/C16H21N3O5/c1-9(2)14-15(20)18(16(21)17-14)8-11-7-12(19(22)23)5-6-13(11)24-10(3)4/h5-7,9-10,14H,8H2,1-4H3,(H,17,21)/t14-/m1/s1. The van der Waals surface area contributed by atoms with Crippen LogP contribution in [0.4, 0.5) is 10.5 Å². The van der Waals surface area contributed by atoms with E-state index in [4.69, 9.17) is 4.74 Å². The van der Waals surface area contributed by atoms with Crippen molar-refractivity contribution in [2.75, 3.05) is 0 Å². The van der Waals surface area contributed by atoms with E-state index in [1.807, 2.05) is 27.7 Å². The lowest BCUT2D eigenvalue weighted by atomic mass is 10.0. The van der Waals surface area contributed by atoms with Gasteiger partial charge >= 0.3 is 6.03 Å². The summed E-state index contributed by atoms with van der Waals surface area (Å²) in [6.45, 7) is 7.26. The van der Waals surface area contributed by atoms with Crippen LogP contribution in [0.1, 0.15) is 33.3 Å². The summed E-state index contributed by atoms with van der Waals surface area (Å²) in [4.78, 5) is 36.0. The van der Waals surface area contributed by atoms with E-state index in [9.17, 15) is 19.7 Å². The minimum atomic E-state index is -0.578. The fraction of sp³-hybridized carbons (Fsp3) is 0.500. The van der Waals surface area contributed by atoms with Gasteiger partial charge in [-0.1, -0.05) is 13.8 Å². The molecule has 1 N–H and O–H groups in total. The van der Waals surface area contributed by atoms with Gasteiger partial charge < -0.3 is 10.1 Å². The number of non-ortho nitro benzene ring substituents is 1. The van der Waals surface area contributed by atoms with Crippen molar-refractivity contribution in [2.45, 2.75) is 46.4 Å². The number of carbonyl (C=O) groups excluding carboxylic acids is 2. The molecular formula is C16H21N3O5. The number of rotatable bonds is 6. The normalized spacial score (nSPS) is 17.6. The van der Waals surface area contributed by atoms with Crippen LogP contribution in [0.2, 0.25) is 0 Å². The maximum atomic E-state index is 12.4. The predicted octanol–water partition coefficient (Wildman–Crippen LogP) is 2.46. The van der Waals surface area contributed by atoms with E-state index in [1.165, 1.54) is 18.2 Å². The molecule has 0 bridgehead atoms. The summed E-state index contributed by atoms with van der Waals surface area (Å²) in [5.74, 6) is 0.0455. The molecule has 0 aromatic heterocycles. The van der Waals surface area contributed by atoms with Crippen LogP contribution in [-0.2, 0) is 11.3 Å². The number of urea groups is 1. The minimum Gasteiger partial charge on any atom is -0.491 e. The van der Waals surface area contributed by atoms with Gasteiger partial charge in [0, 0.05) is 17.7 Å². The van der Waals surface area contributed by atoms with Crippen molar-refractivity contribution >= 4 is 17.6 Å². The molecule has 1 saturated heterocycles. The minimum absolute atomic E-state index is 0.0389. The van der Waals surface area contributed by atoms with E-state index in [2.05, 4.69) is 5.32 Å². The highest BCUT2D eigenvalue weighted by Crippen LogP contribution is 2.28. The maximum Gasteiger partial charge on any atom is 0.325 e. The molecule has 8 heteroatoms. The van der Waals surface area contributed by atoms with Gasteiger partial charge in [-0.3, -0.25) is 19.8 Å². The quantitative estimate of drug-likeness (QED) is 0.489. The molecule has 1 fully saturated rings. The SMILES string of the molecule is CC(C)Oc1ccc([N+](=O)[O-])cc1CN1C(=O)N[C@H](C(C)C)C1=O. The van der Waals surface area contributed by atoms with Crippen LogP contribution in [0, 0.1) is 16.0 Å². The van der Waals surface area contributed by atoms with E-state index >= 15 is 0 Å². The average molecular weight is 335 g/mol. The average Bonchev–Trinajstić information content (AvgIpc) is 2.76. The zero-order valence-corrected chi connectivity index (χ0v) is 14.1. The Hall–Kier alpha value is -2.64. The Morgan fingerprint density at radius 3 is 2.46 bits per heavy atom. The van der Waals surface area contributed by atoms with Crippen molar-refractivity contribution in [2.24, 2.45) is 5.92 Å². The number of nitro groups is 1. The second-order valence-electron chi connectivity index (χ2n) is 6.31. The van der Waals surface area contributed by atoms with Crippen molar-refractivity contribution in [1.82, 2.24) is 10.2 Å². The van der Waals surface area contributed by atoms with Crippen molar-refractivity contribution in [1.29, 1.82) is 0 Å². The first-order valence-electron chi connectivity index (χ1n) is 7.76. The number of ether oxygens (including phenoxy) is 1. The summed E-state index contributed by atoms with van der Waals surface area (Å²) in [5, 5.41) is 13.6. The van der Waals surface area contributed by atoms with Crippen LogP contribution < -0.4 is 10.1 Å². The van der Waals surface area contributed by atoms with Gasteiger partial charge in [0.1, 0.15) is 11.8 Å². The Kier molecular flexibility index (Phi) is 5.06. The van der Waals surface area contributed by atoms with E-state index < -0.39 is 17.0 Å². The van der Waals surface area contributed by atoms with Crippen LogP contribution in [0.15, 0.2) is 18.2 Å². The number of nitro benzene ring substituents is 1. The molecule has 130 valence electrons. The van der Waals surface area contributed by atoms with Gasteiger partial charge in [0.25, 0.3) is 11.6 Å². The Bertz CT molecular complexity index is 672. The number of hydrogen-bond acceptors (Lipinski definition) is 5. The Morgan fingerprint density at radius 1 is 1.29 bits per heavy atom. The van der Waals surface area contributed by atoms with E-state index in [0.29, 0.717) is 11.3 Å². The molecule has 0 unspecified atom stereocenters. The fourth-order valence-electron chi connectivity index (χ4n) is 2.48. The molecule has 24 heavy (non-hydrogen) atoms. The third kappa shape index (κ3) is 3.64. The number of nitrogens with zero attached hydrogens (tertiary/aromatic N) is 2. The van der Waals surface area contributed by atoms with Crippen LogP contribution in [-0.4, -0.2) is 33.9 Å². The Labute approximate surface area is 139 Å². The number of amides is 3. The Morgan fingerprint density at radius 2 is 1.96 bits per heavy atom. The second-order valence-corrected chi connectivity index (χ2v) is 6.31. The summed E-state index contributed by atoms with van der Waals surface area (Å²) >= 11 is 0. The zero-order chi connectivity index (χ0) is 18.0. The van der Waals surface area contributed by atoms with Gasteiger partial charge in [-0.15, -0.1) is 0 Å². The van der Waals surface area contributed by atoms with Crippen molar-refractivity contribution in [3.05, 3.63) is 33.9 Å². The molecule has 8 nitrogen and oxygen atoms in total. The summed E-state index contributed by atoms with van der Waals surface area (Å²) in [5.41, 5.74) is 0.305. The molecule has 0 saturated carbocycles. The second kappa shape index (κ2) is 6.86. The smallest absolute Gasteiger partial charge is 0.325 e. The molecule has 0 radical (unpaired) electrons. The first kappa shape index (κ1) is 17.7. The van der Waals surface area contributed by atoms with Crippen molar-refractivity contribution in [3.63, 3.8) is 0 Å². The molecule has 2 rings (SSSR count). The van der Waals surface area contributed by atoms with Crippen molar-refractivity contribution < 1.29 is 19.2 Å². The molecule has 0 aliphatic carbocycles. The highest BCUT2D eigenvalue weighted by Gasteiger charge is 2.39. The number of nitrogens with one attached hydrogen (secondary N) is 1. The molecule has 1 aromatic carbocycles. The number of hydrogen-bond donors (Lipinski definition) is 1. The van der Waals surface area contributed by atoms with Gasteiger partial charge in [-0.05, 0) is 25.8 Å². The number of imide groups is 1. The summed E-state index contributed by atoms with van der Waals surface area (Å²) in [6.07, 6.45) is -0.142. The van der Waals surface area contributed by atoms with E-state index in [0.717, 1.165) is 4.90 Å². The lowest BCUT2D eigenvalue weighted by molar-refractivity contribution is -0.385. The maximum absolute atomic E-state index is 12.4. The lowest BCUT2D eigenvalue weighted by Gasteiger charge is -2.18. The van der Waals surface area contributed by atoms with Gasteiger partial charge in [0.15, 0.2) is 0 Å². The summed E-state index contributed by atoms with van der Waals surface area (Å²) in [7, 11) is 0. The third-order valence-corrected chi connectivity index (χ3v) is 3.67. The van der Waals surface area contributed by atoms with Crippen molar-refractivity contribution in [3.8, 4) is 5.75 Å². The van der Waals surface area contributed by atoms with Crippen LogP contribution in [0.3, 0.4) is 0 Å². The first-order valence-corrected chi connectivity index (χ1v) is 7.76.